The summed E-state index contributed by atoms with van der Waals surface area (Å²) in [5.74, 6) is 0.375. The molecule has 33 heavy (non-hydrogen) atoms. The first-order valence-electron chi connectivity index (χ1n) is 11.4. The van der Waals surface area contributed by atoms with Crippen molar-refractivity contribution < 1.29 is 0 Å². The topological polar surface area (TPSA) is 102 Å². The zero-order valence-corrected chi connectivity index (χ0v) is 20.5. The van der Waals surface area contributed by atoms with Gasteiger partial charge in [-0.1, -0.05) is 69.1 Å². The van der Waals surface area contributed by atoms with E-state index in [0.29, 0.717) is 37.0 Å². The molecule has 0 saturated heterocycles. The van der Waals surface area contributed by atoms with Gasteiger partial charge in [0.25, 0.3) is 5.56 Å². The number of nitrogens with two attached hydrogens (primary N) is 1. The molecule has 0 saturated carbocycles. The Bertz CT molecular complexity index is 1200. The highest BCUT2D eigenvalue weighted by Crippen LogP contribution is 2.26. The third kappa shape index (κ3) is 5.68. The number of hydrogen-bond acceptors (Lipinski definition) is 5. The molecule has 0 radical (unpaired) electrons. The van der Waals surface area contributed by atoms with Crippen LogP contribution in [0.25, 0.3) is 0 Å². The van der Waals surface area contributed by atoms with Crippen LogP contribution in [-0.2, 0) is 19.6 Å². The number of hydrogen-bond donors (Lipinski definition) is 2. The number of halogens is 1. The van der Waals surface area contributed by atoms with Crippen LogP contribution in [0.5, 0.6) is 0 Å². The van der Waals surface area contributed by atoms with Crippen molar-refractivity contribution in [2.45, 2.75) is 60.2 Å². The van der Waals surface area contributed by atoms with Crippen LogP contribution < -0.4 is 21.9 Å². The SMILES string of the molecule is CCCCN(Cc1c(C)nn(Cc2ccccc2)c1Cl)c1c(N)n(CC(C)C)c(=O)[nH]c1=O. The quantitative estimate of drug-likeness (QED) is 0.467. The van der Waals surface area contributed by atoms with Gasteiger partial charge in [-0.25, -0.2) is 9.48 Å². The van der Waals surface area contributed by atoms with Gasteiger partial charge in [-0.3, -0.25) is 14.3 Å². The van der Waals surface area contributed by atoms with Gasteiger partial charge in [-0.05, 0) is 24.8 Å². The van der Waals surface area contributed by atoms with Crippen molar-refractivity contribution in [3.05, 3.63) is 73.1 Å². The number of nitrogens with zero attached hydrogens (tertiary/aromatic N) is 4. The van der Waals surface area contributed by atoms with Gasteiger partial charge in [-0.2, -0.15) is 5.10 Å². The summed E-state index contributed by atoms with van der Waals surface area (Å²) < 4.78 is 3.21. The fourth-order valence-electron chi connectivity index (χ4n) is 3.87. The van der Waals surface area contributed by atoms with Crippen LogP contribution in [0.2, 0.25) is 5.15 Å². The first-order valence-corrected chi connectivity index (χ1v) is 11.7. The Morgan fingerprint density at radius 3 is 2.55 bits per heavy atom. The molecule has 0 aliphatic rings. The Morgan fingerprint density at radius 1 is 1.21 bits per heavy atom. The molecule has 0 amide bonds. The zero-order chi connectivity index (χ0) is 24.1. The maximum atomic E-state index is 12.9. The monoisotopic (exact) mass is 472 g/mol. The normalized spacial score (nSPS) is 11.3. The lowest BCUT2D eigenvalue weighted by Gasteiger charge is -2.26. The number of nitrogen functional groups attached to an aromatic ring is 1. The van der Waals surface area contributed by atoms with E-state index in [2.05, 4.69) is 17.0 Å². The fourth-order valence-corrected chi connectivity index (χ4v) is 4.16. The molecule has 9 heteroatoms. The second-order valence-electron chi connectivity index (χ2n) is 8.77. The van der Waals surface area contributed by atoms with E-state index in [1.54, 1.807) is 4.68 Å². The third-order valence-electron chi connectivity index (χ3n) is 5.57. The predicted octanol–water partition coefficient (Wildman–Crippen LogP) is 3.79. The molecule has 3 aromatic rings. The minimum atomic E-state index is -0.490. The molecule has 0 spiro atoms. The van der Waals surface area contributed by atoms with Gasteiger partial charge in [0.2, 0.25) is 0 Å². The van der Waals surface area contributed by atoms with Gasteiger partial charge < -0.3 is 10.6 Å². The average Bonchev–Trinajstić information content (AvgIpc) is 3.02. The Kier molecular flexibility index (Phi) is 8.02. The molecule has 8 nitrogen and oxygen atoms in total. The van der Waals surface area contributed by atoms with E-state index in [-0.39, 0.29) is 11.7 Å². The van der Waals surface area contributed by atoms with Crippen LogP contribution in [0.15, 0.2) is 39.9 Å². The number of benzene rings is 1. The average molecular weight is 473 g/mol. The van der Waals surface area contributed by atoms with E-state index in [9.17, 15) is 9.59 Å². The largest absolute Gasteiger partial charge is 0.383 e. The number of rotatable bonds is 10. The van der Waals surface area contributed by atoms with E-state index >= 15 is 0 Å². The van der Waals surface area contributed by atoms with Crippen LogP contribution in [0.3, 0.4) is 0 Å². The van der Waals surface area contributed by atoms with Crippen molar-refractivity contribution in [3.63, 3.8) is 0 Å². The Hall–Kier alpha value is -3.00. The van der Waals surface area contributed by atoms with E-state index in [4.69, 9.17) is 17.3 Å². The summed E-state index contributed by atoms with van der Waals surface area (Å²) in [4.78, 5) is 29.6. The van der Waals surface area contributed by atoms with Crippen LogP contribution >= 0.6 is 11.6 Å². The van der Waals surface area contributed by atoms with Crippen molar-refractivity contribution in [1.29, 1.82) is 0 Å². The molecule has 2 heterocycles. The van der Waals surface area contributed by atoms with Crippen molar-refractivity contribution in [3.8, 4) is 0 Å². The number of aromatic amines is 1. The Balaban J connectivity index is 2.01. The summed E-state index contributed by atoms with van der Waals surface area (Å²) in [6.07, 6.45) is 1.80. The van der Waals surface area contributed by atoms with Gasteiger partial charge in [0, 0.05) is 25.2 Å². The molecule has 178 valence electrons. The number of anilines is 2. The first-order chi connectivity index (χ1) is 15.7. The number of aromatic nitrogens is 4. The Morgan fingerprint density at radius 2 is 1.91 bits per heavy atom. The summed E-state index contributed by atoms with van der Waals surface area (Å²) in [5, 5.41) is 5.16. The summed E-state index contributed by atoms with van der Waals surface area (Å²) >= 11 is 6.75. The fraction of sp³-hybridized carbons (Fsp3) is 0.458. The molecule has 0 atom stereocenters. The van der Waals surface area contributed by atoms with Crippen LogP contribution in [0.4, 0.5) is 11.5 Å². The molecule has 0 aliphatic heterocycles. The number of H-pyrrole nitrogens is 1. The summed E-state index contributed by atoms with van der Waals surface area (Å²) in [6, 6.07) is 9.98. The van der Waals surface area contributed by atoms with E-state index < -0.39 is 11.2 Å². The Labute approximate surface area is 199 Å². The highest BCUT2D eigenvalue weighted by molar-refractivity contribution is 6.30. The predicted molar refractivity (Wildman–Crippen MR) is 134 cm³/mol. The maximum absolute atomic E-state index is 12.9. The van der Waals surface area contributed by atoms with Crippen LogP contribution in [0.1, 0.15) is 50.4 Å². The standard InChI is InChI=1S/C24H33ClN6O2/c1-5-6-12-29(20-22(26)30(13-16(2)3)24(33)27-23(20)32)15-19-17(4)28-31(21(19)25)14-18-10-8-7-9-11-18/h7-11,16H,5-6,12-15,26H2,1-4H3,(H,27,32,33). The van der Waals surface area contributed by atoms with E-state index in [1.165, 1.54) is 4.57 Å². The second kappa shape index (κ2) is 10.7. The molecule has 1 aromatic carbocycles. The molecule has 3 rings (SSSR count). The molecule has 2 aromatic heterocycles. The molecule has 0 unspecified atom stereocenters. The highest BCUT2D eigenvalue weighted by atomic mass is 35.5. The zero-order valence-electron chi connectivity index (χ0n) is 19.8. The van der Waals surface area contributed by atoms with Crippen molar-refractivity contribution in [1.82, 2.24) is 19.3 Å². The van der Waals surface area contributed by atoms with Crippen molar-refractivity contribution >= 4 is 23.1 Å². The number of aryl methyl sites for hydroxylation is 1. The molecule has 3 N–H and O–H groups in total. The number of nitrogens with one attached hydrogen (secondary N) is 1. The lowest BCUT2D eigenvalue weighted by molar-refractivity contribution is 0.506. The highest BCUT2D eigenvalue weighted by Gasteiger charge is 2.23. The lowest BCUT2D eigenvalue weighted by Crippen LogP contribution is -2.39. The third-order valence-corrected chi connectivity index (χ3v) is 5.99. The number of unbranched alkanes of at least 4 members (excludes halogenated alkanes) is 1. The maximum Gasteiger partial charge on any atom is 0.330 e. The van der Waals surface area contributed by atoms with Crippen LogP contribution in [-0.4, -0.2) is 25.9 Å². The summed E-state index contributed by atoms with van der Waals surface area (Å²) in [6.45, 7) is 9.93. The minimum Gasteiger partial charge on any atom is -0.383 e. The van der Waals surface area contributed by atoms with Gasteiger partial charge in [0.15, 0.2) is 0 Å². The molecule has 0 bridgehead atoms. The van der Waals surface area contributed by atoms with Gasteiger partial charge in [0.05, 0.1) is 12.2 Å². The summed E-state index contributed by atoms with van der Waals surface area (Å²) in [7, 11) is 0. The lowest BCUT2D eigenvalue weighted by atomic mass is 10.2. The molecule has 0 fully saturated rings. The van der Waals surface area contributed by atoms with E-state index in [1.807, 2.05) is 56.0 Å². The van der Waals surface area contributed by atoms with Gasteiger partial charge in [0.1, 0.15) is 16.7 Å². The van der Waals surface area contributed by atoms with Crippen molar-refractivity contribution in [2.75, 3.05) is 17.2 Å². The molecular weight excluding hydrogens is 440 g/mol. The van der Waals surface area contributed by atoms with Gasteiger partial charge >= 0.3 is 5.69 Å². The molecular formula is C24H33ClN6O2. The van der Waals surface area contributed by atoms with E-state index in [0.717, 1.165) is 29.7 Å². The summed E-state index contributed by atoms with van der Waals surface area (Å²) in [5.41, 5.74) is 8.44. The van der Waals surface area contributed by atoms with Gasteiger partial charge in [-0.15, -0.1) is 0 Å². The van der Waals surface area contributed by atoms with Crippen LogP contribution in [0, 0.1) is 12.8 Å². The second-order valence-corrected chi connectivity index (χ2v) is 9.13. The minimum absolute atomic E-state index is 0.180. The first kappa shape index (κ1) is 24.6. The smallest absolute Gasteiger partial charge is 0.330 e. The van der Waals surface area contributed by atoms with Crippen molar-refractivity contribution in [2.24, 2.45) is 5.92 Å². The molecule has 0 aliphatic carbocycles.